The monoisotopic (exact) mass is 366 g/mol. The van der Waals surface area contributed by atoms with Gasteiger partial charge in [-0.2, -0.15) is 0 Å². The lowest BCUT2D eigenvalue weighted by molar-refractivity contribution is 0.111. The number of aromatic amines is 1. The molecule has 0 spiro atoms. The average Bonchev–Trinajstić information content (AvgIpc) is 3.12. The quantitative estimate of drug-likeness (QED) is 0.697. The molecule has 2 aromatic carbocycles. The molecule has 1 aliphatic rings. The average molecular weight is 366 g/mol. The number of aromatic nitrogens is 2. The van der Waals surface area contributed by atoms with Gasteiger partial charge < -0.3 is 14.5 Å². The molecule has 1 aliphatic heterocycles. The molecule has 2 heterocycles. The van der Waals surface area contributed by atoms with Gasteiger partial charge in [-0.05, 0) is 24.3 Å². The summed E-state index contributed by atoms with van der Waals surface area (Å²) >= 11 is 0. The standard InChI is InChI=1S/C21H26N4O2/c1-26-17-5-4-6-18(15-17)27-14-13-24-9-11-25(12-10-24)16-21-22-19-7-2-3-8-20(19)23-21/h2-8,15H,9-14,16H2,1H3,(H,22,23). The van der Waals surface area contributed by atoms with Crippen molar-refractivity contribution >= 4 is 11.0 Å². The Balaban J connectivity index is 1.20. The Morgan fingerprint density at radius 3 is 2.56 bits per heavy atom. The first-order chi connectivity index (χ1) is 13.3. The van der Waals surface area contributed by atoms with Gasteiger partial charge in [0.15, 0.2) is 0 Å². The molecule has 3 aromatic rings. The number of nitrogens with one attached hydrogen (secondary N) is 1. The zero-order valence-electron chi connectivity index (χ0n) is 15.7. The minimum absolute atomic E-state index is 0.691. The highest BCUT2D eigenvalue weighted by atomic mass is 16.5. The number of methoxy groups -OCH3 is 1. The molecule has 4 rings (SSSR count). The molecule has 0 aliphatic carbocycles. The molecule has 27 heavy (non-hydrogen) atoms. The first-order valence-corrected chi connectivity index (χ1v) is 9.45. The van der Waals surface area contributed by atoms with Crippen molar-refractivity contribution < 1.29 is 9.47 Å². The zero-order chi connectivity index (χ0) is 18.5. The number of benzene rings is 2. The topological polar surface area (TPSA) is 53.6 Å². The fourth-order valence-corrected chi connectivity index (χ4v) is 3.45. The fourth-order valence-electron chi connectivity index (χ4n) is 3.45. The number of H-pyrrole nitrogens is 1. The van der Waals surface area contributed by atoms with Crippen molar-refractivity contribution in [2.24, 2.45) is 0 Å². The Hall–Kier alpha value is -2.57. The third-order valence-corrected chi connectivity index (χ3v) is 4.99. The molecule has 0 atom stereocenters. The van der Waals surface area contributed by atoms with Gasteiger partial charge >= 0.3 is 0 Å². The number of piperazine rings is 1. The van der Waals surface area contributed by atoms with Crippen LogP contribution in [0.15, 0.2) is 48.5 Å². The van der Waals surface area contributed by atoms with Crippen molar-refractivity contribution in [3.05, 3.63) is 54.4 Å². The van der Waals surface area contributed by atoms with E-state index in [1.807, 2.05) is 36.4 Å². The van der Waals surface area contributed by atoms with Gasteiger partial charge in [-0.3, -0.25) is 9.80 Å². The molecule has 0 radical (unpaired) electrons. The molecule has 1 fully saturated rings. The molecule has 6 nitrogen and oxygen atoms in total. The summed E-state index contributed by atoms with van der Waals surface area (Å²) in [5.41, 5.74) is 2.15. The van der Waals surface area contributed by atoms with E-state index in [0.29, 0.717) is 6.61 Å². The van der Waals surface area contributed by atoms with Crippen LogP contribution < -0.4 is 9.47 Å². The Bertz CT molecular complexity index is 838. The van der Waals surface area contributed by atoms with Crippen LogP contribution in [-0.4, -0.2) is 66.2 Å². The summed E-state index contributed by atoms with van der Waals surface area (Å²) in [7, 11) is 1.67. The van der Waals surface area contributed by atoms with Crippen LogP contribution in [0.1, 0.15) is 5.82 Å². The third kappa shape index (κ3) is 4.59. The second-order valence-electron chi connectivity index (χ2n) is 6.85. The minimum atomic E-state index is 0.691. The normalized spacial score (nSPS) is 15.9. The van der Waals surface area contributed by atoms with Crippen molar-refractivity contribution in [1.82, 2.24) is 19.8 Å². The summed E-state index contributed by atoms with van der Waals surface area (Å²) in [6.07, 6.45) is 0. The van der Waals surface area contributed by atoms with Gasteiger partial charge in [0.05, 0.1) is 24.7 Å². The second-order valence-corrected chi connectivity index (χ2v) is 6.85. The molecular weight excluding hydrogens is 340 g/mol. The summed E-state index contributed by atoms with van der Waals surface area (Å²) in [4.78, 5) is 13.0. The van der Waals surface area contributed by atoms with Crippen LogP contribution in [0.4, 0.5) is 0 Å². The predicted octanol–water partition coefficient (Wildman–Crippen LogP) is 2.77. The summed E-state index contributed by atoms with van der Waals surface area (Å²) in [5, 5.41) is 0. The SMILES string of the molecule is COc1cccc(OCCN2CCN(Cc3nc4ccccc4[nH]3)CC2)c1. The van der Waals surface area contributed by atoms with Crippen LogP contribution in [0.5, 0.6) is 11.5 Å². The highest BCUT2D eigenvalue weighted by molar-refractivity contribution is 5.74. The van der Waals surface area contributed by atoms with Gasteiger partial charge in [-0.15, -0.1) is 0 Å². The van der Waals surface area contributed by atoms with Gasteiger partial charge in [0.1, 0.15) is 23.9 Å². The van der Waals surface area contributed by atoms with E-state index in [2.05, 4.69) is 31.9 Å². The lowest BCUT2D eigenvalue weighted by Crippen LogP contribution is -2.47. The number of imidazole rings is 1. The van der Waals surface area contributed by atoms with Gasteiger partial charge in [0, 0.05) is 38.8 Å². The van der Waals surface area contributed by atoms with E-state index in [4.69, 9.17) is 9.47 Å². The van der Waals surface area contributed by atoms with Crippen LogP contribution in [0.25, 0.3) is 11.0 Å². The summed E-state index contributed by atoms with van der Waals surface area (Å²) in [6, 6.07) is 16.0. The molecule has 0 amide bonds. The highest BCUT2D eigenvalue weighted by Gasteiger charge is 2.18. The van der Waals surface area contributed by atoms with Crippen molar-refractivity contribution in [2.45, 2.75) is 6.54 Å². The summed E-state index contributed by atoms with van der Waals surface area (Å²) in [6.45, 7) is 6.73. The highest BCUT2D eigenvalue weighted by Crippen LogP contribution is 2.19. The van der Waals surface area contributed by atoms with E-state index in [-0.39, 0.29) is 0 Å². The Morgan fingerprint density at radius 1 is 0.963 bits per heavy atom. The first-order valence-electron chi connectivity index (χ1n) is 9.45. The van der Waals surface area contributed by atoms with Crippen LogP contribution in [-0.2, 0) is 6.54 Å². The lowest BCUT2D eigenvalue weighted by atomic mass is 10.3. The number of ether oxygens (including phenoxy) is 2. The first kappa shape index (κ1) is 17.8. The minimum Gasteiger partial charge on any atom is -0.497 e. The van der Waals surface area contributed by atoms with Crippen LogP contribution >= 0.6 is 0 Å². The van der Waals surface area contributed by atoms with Crippen molar-refractivity contribution in [1.29, 1.82) is 0 Å². The van der Waals surface area contributed by atoms with Crippen LogP contribution in [0.3, 0.4) is 0 Å². The van der Waals surface area contributed by atoms with Crippen LogP contribution in [0, 0.1) is 0 Å². The number of nitrogens with zero attached hydrogens (tertiary/aromatic N) is 3. The molecule has 142 valence electrons. The molecule has 0 bridgehead atoms. The van der Waals surface area contributed by atoms with E-state index < -0.39 is 0 Å². The van der Waals surface area contributed by atoms with Gasteiger partial charge in [0.2, 0.25) is 0 Å². The van der Waals surface area contributed by atoms with Crippen LogP contribution in [0.2, 0.25) is 0 Å². The van der Waals surface area contributed by atoms with E-state index in [1.165, 1.54) is 0 Å². The number of para-hydroxylation sites is 2. The number of rotatable bonds is 7. The van der Waals surface area contributed by atoms with E-state index >= 15 is 0 Å². The maximum Gasteiger partial charge on any atom is 0.123 e. The van der Waals surface area contributed by atoms with Crippen molar-refractivity contribution in [2.75, 3.05) is 46.4 Å². The van der Waals surface area contributed by atoms with E-state index in [0.717, 1.165) is 67.6 Å². The zero-order valence-corrected chi connectivity index (χ0v) is 15.7. The van der Waals surface area contributed by atoms with Gasteiger partial charge in [-0.25, -0.2) is 4.98 Å². The maximum atomic E-state index is 5.86. The lowest BCUT2D eigenvalue weighted by Gasteiger charge is -2.34. The second kappa shape index (κ2) is 8.41. The molecule has 1 N–H and O–H groups in total. The molecular formula is C21H26N4O2. The number of hydrogen-bond acceptors (Lipinski definition) is 5. The Kier molecular flexibility index (Phi) is 5.55. The third-order valence-electron chi connectivity index (χ3n) is 4.99. The van der Waals surface area contributed by atoms with Crippen molar-refractivity contribution in [3.63, 3.8) is 0 Å². The largest absolute Gasteiger partial charge is 0.497 e. The smallest absolute Gasteiger partial charge is 0.123 e. The van der Waals surface area contributed by atoms with E-state index in [1.54, 1.807) is 7.11 Å². The fraction of sp³-hybridized carbons (Fsp3) is 0.381. The molecule has 0 unspecified atom stereocenters. The Morgan fingerprint density at radius 2 is 1.74 bits per heavy atom. The molecule has 1 aromatic heterocycles. The molecule has 0 saturated carbocycles. The van der Waals surface area contributed by atoms with Gasteiger partial charge in [0.25, 0.3) is 0 Å². The Labute approximate surface area is 159 Å². The number of hydrogen-bond donors (Lipinski definition) is 1. The maximum absolute atomic E-state index is 5.86. The van der Waals surface area contributed by atoms with Gasteiger partial charge in [-0.1, -0.05) is 18.2 Å². The molecule has 1 saturated heterocycles. The molecule has 6 heteroatoms. The van der Waals surface area contributed by atoms with Crippen molar-refractivity contribution in [3.8, 4) is 11.5 Å². The number of fused-ring (bicyclic) bond motifs is 1. The predicted molar refractivity (Wildman–Crippen MR) is 106 cm³/mol. The summed E-state index contributed by atoms with van der Waals surface area (Å²) < 4.78 is 11.1. The van der Waals surface area contributed by atoms with E-state index in [9.17, 15) is 0 Å². The summed E-state index contributed by atoms with van der Waals surface area (Å²) in [5.74, 6) is 2.73.